The Bertz CT molecular complexity index is 1300. The van der Waals surface area contributed by atoms with E-state index in [1.807, 2.05) is 24.3 Å². The molecule has 0 aliphatic heterocycles. The SMILES string of the molecule is CCCCSc1nnc2n(-c3ccc(OC)cc3)c(=O)c3c4c(sc3n12)CC(C)CC4. The van der Waals surface area contributed by atoms with Gasteiger partial charge in [-0.15, -0.1) is 21.5 Å². The molecule has 0 saturated carbocycles. The minimum Gasteiger partial charge on any atom is -0.497 e. The summed E-state index contributed by atoms with van der Waals surface area (Å²) in [6, 6.07) is 7.57. The average molecular weight is 455 g/mol. The van der Waals surface area contributed by atoms with E-state index in [1.165, 1.54) is 10.4 Å². The third-order valence-corrected chi connectivity index (χ3v) is 8.24. The fourth-order valence-electron chi connectivity index (χ4n) is 4.27. The standard InChI is InChI=1S/C23H26N4O2S2/c1-4-5-12-30-23-25-24-22-26(15-7-9-16(29-3)10-8-15)20(28)19-17-11-6-14(2)13-18(17)31-21(19)27(22)23/h7-10,14H,4-6,11-13H2,1-3H3. The average Bonchev–Trinajstić information content (AvgIpc) is 3.35. The number of benzene rings is 1. The molecule has 0 radical (unpaired) electrons. The van der Waals surface area contributed by atoms with Gasteiger partial charge in [0.1, 0.15) is 10.6 Å². The second-order valence-corrected chi connectivity index (χ2v) is 10.3. The molecule has 1 aliphatic rings. The third kappa shape index (κ3) is 3.46. The van der Waals surface area contributed by atoms with Gasteiger partial charge < -0.3 is 4.74 Å². The van der Waals surface area contributed by atoms with Crippen molar-refractivity contribution < 1.29 is 4.74 Å². The van der Waals surface area contributed by atoms with Gasteiger partial charge in [0.2, 0.25) is 5.78 Å². The van der Waals surface area contributed by atoms with Gasteiger partial charge in [0, 0.05) is 10.6 Å². The number of thioether (sulfide) groups is 1. The van der Waals surface area contributed by atoms with Crippen LogP contribution in [0.2, 0.25) is 0 Å². The Labute approximate surface area is 189 Å². The third-order valence-electron chi connectivity index (χ3n) is 5.99. The summed E-state index contributed by atoms with van der Waals surface area (Å²) >= 11 is 3.47. The molecule has 162 valence electrons. The molecular formula is C23H26N4O2S2. The molecule has 1 aliphatic carbocycles. The number of methoxy groups -OCH3 is 1. The fourth-order valence-corrected chi connectivity index (χ4v) is 6.84. The second-order valence-electron chi connectivity index (χ2n) is 8.19. The van der Waals surface area contributed by atoms with E-state index >= 15 is 0 Å². The van der Waals surface area contributed by atoms with Crippen molar-refractivity contribution in [2.75, 3.05) is 12.9 Å². The molecule has 8 heteroatoms. The lowest BCUT2D eigenvalue weighted by Gasteiger charge is -2.17. The summed E-state index contributed by atoms with van der Waals surface area (Å²) in [4.78, 5) is 16.2. The van der Waals surface area contributed by atoms with Gasteiger partial charge in [-0.2, -0.15) is 0 Å². The highest BCUT2D eigenvalue weighted by molar-refractivity contribution is 7.99. The maximum Gasteiger partial charge on any atom is 0.268 e. The van der Waals surface area contributed by atoms with Gasteiger partial charge in [-0.05, 0) is 61.4 Å². The Balaban J connectivity index is 1.81. The maximum atomic E-state index is 13.8. The van der Waals surface area contributed by atoms with E-state index in [0.717, 1.165) is 64.7 Å². The summed E-state index contributed by atoms with van der Waals surface area (Å²) in [5.41, 5.74) is 2.00. The predicted octanol–water partition coefficient (Wildman–Crippen LogP) is 5.12. The van der Waals surface area contributed by atoms with Crippen molar-refractivity contribution in [3.05, 3.63) is 45.1 Å². The number of hydrogen-bond acceptors (Lipinski definition) is 6. The van der Waals surface area contributed by atoms with E-state index in [4.69, 9.17) is 4.74 Å². The van der Waals surface area contributed by atoms with E-state index in [2.05, 4.69) is 28.4 Å². The smallest absolute Gasteiger partial charge is 0.268 e. The normalized spacial score (nSPS) is 16.2. The monoisotopic (exact) mass is 454 g/mol. The van der Waals surface area contributed by atoms with Crippen LogP contribution in [0.4, 0.5) is 0 Å². The lowest BCUT2D eigenvalue weighted by Crippen LogP contribution is -2.22. The molecule has 0 bridgehead atoms. The van der Waals surface area contributed by atoms with Crippen molar-refractivity contribution >= 4 is 39.1 Å². The first-order valence-corrected chi connectivity index (χ1v) is 12.6. The van der Waals surface area contributed by atoms with Gasteiger partial charge in [0.25, 0.3) is 5.56 Å². The number of unbranched alkanes of at least 4 members (excludes halogenated alkanes) is 1. The molecule has 5 rings (SSSR count). The molecule has 6 nitrogen and oxygen atoms in total. The molecule has 0 N–H and O–H groups in total. The van der Waals surface area contributed by atoms with Crippen LogP contribution in [0.1, 0.15) is 43.6 Å². The Hall–Kier alpha value is -2.32. The Morgan fingerprint density at radius 3 is 2.81 bits per heavy atom. The van der Waals surface area contributed by atoms with Crippen molar-refractivity contribution in [1.29, 1.82) is 0 Å². The number of rotatable bonds is 6. The quantitative estimate of drug-likeness (QED) is 0.299. The highest BCUT2D eigenvalue weighted by atomic mass is 32.2. The van der Waals surface area contributed by atoms with Gasteiger partial charge in [0.15, 0.2) is 5.16 Å². The number of aryl methyl sites for hydroxylation is 1. The van der Waals surface area contributed by atoms with Crippen LogP contribution in [0, 0.1) is 5.92 Å². The molecule has 1 unspecified atom stereocenters. The van der Waals surface area contributed by atoms with Crippen LogP contribution in [0.15, 0.2) is 34.2 Å². The maximum absolute atomic E-state index is 13.8. The van der Waals surface area contributed by atoms with Crippen molar-refractivity contribution in [2.45, 2.75) is 51.1 Å². The van der Waals surface area contributed by atoms with Gasteiger partial charge in [-0.3, -0.25) is 4.79 Å². The summed E-state index contributed by atoms with van der Waals surface area (Å²) in [5.74, 6) is 2.98. The molecule has 3 aromatic heterocycles. The molecule has 1 atom stereocenters. The van der Waals surface area contributed by atoms with Crippen LogP contribution in [0.3, 0.4) is 0 Å². The first kappa shape index (κ1) is 20.6. The summed E-state index contributed by atoms with van der Waals surface area (Å²) in [7, 11) is 1.64. The Kier molecular flexibility index (Phi) is 5.52. The highest BCUT2D eigenvalue weighted by Crippen LogP contribution is 2.38. The minimum absolute atomic E-state index is 0.00257. The Morgan fingerprint density at radius 1 is 1.26 bits per heavy atom. The first-order chi connectivity index (χ1) is 15.1. The molecule has 4 aromatic rings. The van der Waals surface area contributed by atoms with Crippen LogP contribution >= 0.6 is 23.1 Å². The molecule has 0 spiro atoms. The zero-order chi connectivity index (χ0) is 21.5. The Morgan fingerprint density at radius 2 is 2.06 bits per heavy atom. The van der Waals surface area contributed by atoms with Crippen molar-refractivity contribution in [2.24, 2.45) is 5.92 Å². The van der Waals surface area contributed by atoms with Crippen LogP contribution < -0.4 is 10.3 Å². The van der Waals surface area contributed by atoms with E-state index in [-0.39, 0.29) is 5.56 Å². The van der Waals surface area contributed by atoms with E-state index in [0.29, 0.717) is 11.7 Å². The molecule has 3 heterocycles. The van der Waals surface area contributed by atoms with Crippen LogP contribution in [-0.2, 0) is 12.8 Å². The van der Waals surface area contributed by atoms with Crippen LogP contribution in [0.25, 0.3) is 21.7 Å². The van der Waals surface area contributed by atoms with Gasteiger partial charge >= 0.3 is 0 Å². The van der Waals surface area contributed by atoms with Crippen LogP contribution in [0.5, 0.6) is 5.75 Å². The second kappa shape index (κ2) is 8.31. The zero-order valence-electron chi connectivity index (χ0n) is 18.1. The fraction of sp³-hybridized carbons (Fsp3) is 0.435. The largest absolute Gasteiger partial charge is 0.497 e. The molecule has 0 fully saturated rings. The van der Waals surface area contributed by atoms with Crippen molar-refractivity contribution in [3.63, 3.8) is 0 Å². The summed E-state index contributed by atoms with van der Waals surface area (Å²) in [6.07, 6.45) is 5.39. The van der Waals surface area contributed by atoms with Crippen molar-refractivity contribution in [1.82, 2.24) is 19.2 Å². The summed E-state index contributed by atoms with van der Waals surface area (Å²) in [5, 5.41) is 10.7. The number of hydrogen-bond donors (Lipinski definition) is 0. The van der Waals surface area contributed by atoms with E-state index in [9.17, 15) is 4.79 Å². The van der Waals surface area contributed by atoms with Gasteiger partial charge in [0.05, 0.1) is 18.2 Å². The molecule has 0 saturated heterocycles. The summed E-state index contributed by atoms with van der Waals surface area (Å²) in [6.45, 7) is 4.49. The minimum atomic E-state index is -0.00257. The zero-order valence-corrected chi connectivity index (χ0v) is 19.7. The first-order valence-electron chi connectivity index (χ1n) is 10.8. The van der Waals surface area contributed by atoms with Gasteiger partial charge in [-0.1, -0.05) is 32.0 Å². The lowest BCUT2D eigenvalue weighted by atomic mass is 9.89. The number of fused-ring (bicyclic) bond motifs is 5. The van der Waals surface area contributed by atoms with Crippen LogP contribution in [-0.4, -0.2) is 32.0 Å². The molecular weight excluding hydrogens is 428 g/mol. The van der Waals surface area contributed by atoms with E-state index in [1.54, 1.807) is 34.8 Å². The number of thiophene rings is 1. The predicted molar refractivity (Wildman–Crippen MR) is 127 cm³/mol. The number of aromatic nitrogens is 4. The molecule has 31 heavy (non-hydrogen) atoms. The number of nitrogens with zero attached hydrogens (tertiary/aromatic N) is 4. The van der Waals surface area contributed by atoms with E-state index < -0.39 is 0 Å². The summed E-state index contributed by atoms with van der Waals surface area (Å²) < 4.78 is 9.12. The molecule has 0 amide bonds. The molecule has 1 aromatic carbocycles. The topological polar surface area (TPSA) is 61.4 Å². The van der Waals surface area contributed by atoms with Crippen molar-refractivity contribution in [3.8, 4) is 11.4 Å². The number of ether oxygens (including phenoxy) is 1. The van der Waals surface area contributed by atoms with Gasteiger partial charge in [-0.25, -0.2) is 8.97 Å². The lowest BCUT2D eigenvalue weighted by molar-refractivity contribution is 0.414. The highest BCUT2D eigenvalue weighted by Gasteiger charge is 2.27.